The molecule has 3 nitrogen and oxygen atoms in total. The minimum atomic E-state index is -0.288. The second-order valence-corrected chi connectivity index (χ2v) is 6.87. The molecule has 0 spiro atoms. The highest BCUT2D eigenvalue weighted by molar-refractivity contribution is 7.22. The Kier molecular flexibility index (Phi) is 3.01. The van der Waals surface area contributed by atoms with Crippen molar-refractivity contribution in [1.29, 1.82) is 0 Å². The number of rotatable bonds is 1. The average Bonchev–Trinajstić information content (AvgIpc) is 2.75. The summed E-state index contributed by atoms with van der Waals surface area (Å²) in [4.78, 5) is 12.1. The van der Waals surface area contributed by atoms with Crippen molar-refractivity contribution in [1.82, 2.24) is 0 Å². The largest absolute Gasteiger partial charge is 0.270 e. The van der Waals surface area contributed by atoms with Crippen LogP contribution in [0.15, 0.2) is 36.4 Å². The third-order valence-electron chi connectivity index (χ3n) is 4.41. The number of aryl methyl sites for hydroxylation is 3. The van der Waals surface area contributed by atoms with Gasteiger partial charge in [-0.05, 0) is 59.9 Å². The van der Waals surface area contributed by atoms with Crippen LogP contribution in [0.2, 0.25) is 0 Å². The standard InChI is InChI=1S/C18H15NO2S/c1-11-9-13(19(20)21)10-12-5-4-7-15-14-6-2-3-8-16(14)22-18(15)17(11)12/h2-3,6,8-10H,4-5,7H2,1H3. The normalized spacial score (nSPS) is 13.5. The molecule has 1 aliphatic rings. The number of benzene rings is 2. The van der Waals surface area contributed by atoms with Crippen LogP contribution in [-0.4, -0.2) is 4.92 Å². The number of hydrogen-bond acceptors (Lipinski definition) is 3. The first-order valence-corrected chi connectivity index (χ1v) is 8.25. The van der Waals surface area contributed by atoms with Gasteiger partial charge in [0.2, 0.25) is 0 Å². The third kappa shape index (κ3) is 1.95. The van der Waals surface area contributed by atoms with Crippen molar-refractivity contribution in [2.75, 3.05) is 0 Å². The fourth-order valence-corrected chi connectivity index (χ4v) is 4.87. The van der Waals surface area contributed by atoms with Crippen molar-refractivity contribution in [3.8, 4) is 10.4 Å². The van der Waals surface area contributed by atoms with Gasteiger partial charge in [0.15, 0.2) is 0 Å². The zero-order valence-corrected chi connectivity index (χ0v) is 13.1. The van der Waals surface area contributed by atoms with Gasteiger partial charge in [0, 0.05) is 21.7 Å². The number of nitrogens with zero attached hydrogens (tertiary/aromatic N) is 1. The quantitative estimate of drug-likeness (QED) is 0.454. The number of hydrogen-bond donors (Lipinski definition) is 0. The molecule has 0 amide bonds. The molecule has 0 aliphatic heterocycles. The average molecular weight is 309 g/mol. The van der Waals surface area contributed by atoms with E-state index in [1.807, 2.05) is 18.3 Å². The van der Waals surface area contributed by atoms with Crippen LogP contribution < -0.4 is 0 Å². The van der Waals surface area contributed by atoms with Gasteiger partial charge in [-0.2, -0.15) is 0 Å². The summed E-state index contributed by atoms with van der Waals surface area (Å²) in [5.74, 6) is 0. The van der Waals surface area contributed by atoms with Crippen LogP contribution in [0.3, 0.4) is 0 Å². The second kappa shape index (κ2) is 4.92. The van der Waals surface area contributed by atoms with Crippen molar-refractivity contribution in [3.63, 3.8) is 0 Å². The van der Waals surface area contributed by atoms with Crippen molar-refractivity contribution in [3.05, 3.63) is 63.2 Å². The van der Waals surface area contributed by atoms with Crippen LogP contribution in [0, 0.1) is 17.0 Å². The van der Waals surface area contributed by atoms with Crippen molar-refractivity contribution in [2.24, 2.45) is 0 Å². The third-order valence-corrected chi connectivity index (χ3v) is 5.64. The highest BCUT2D eigenvalue weighted by Crippen LogP contribution is 2.45. The zero-order chi connectivity index (χ0) is 15.3. The zero-order valence-electron chi connectivity index (χ0n) is 12.3. The Morgan fingerprint density at radius 3 is 2.82 bits per heavy atom. The maximum Gasteiger partial charge on any atom is 0.270 e. The summed E-state index contributed by atoms with van der Waals surface area (Å²) in [7, 11) is 0. The molecule has 22 heavy (non-hydrogen) atoms. The first-order chi connectivity index (χ1) is 10.6. The molecular weight excluding hydrogens is 294 g/mol. The molecule has 4 rings (SSSR count). The van der Waals surface area contributed by atoms with Crippen LogP contribution in [0.25, 0.3) is 20.5 Å². The second-order valence-electron chi connectivity index (χ2n) is 5.81. The molecule has 0 N–H and O–H groups in total. The molecule has 0 atom stereocenters. The maximum atomic E-state index is 11.1. The van der Waals surface area contributed by atoms with Gasteiger partial charge in [-0.3, -0.25) is 10.1 Å². The summed E-state index contributed by atoms with van der Waals surface area (Å²) in [6.45, 7) is 1.99. The van der Waals surface area contributed by atoms with Crippen LogP contribution in [0.5, 0.6) is 0 Å². The van der Waals surface area contributed by atoms with Crippen LogP contribution >= 0.6 is 11.3 Å². The summed E-state index contributed by atoms with van der Waals surface area (Å²) < 4.78 is 1.30. The van der Waals surface area contributed by atoms with E-state index >= 15 is 0 Å². The van der Waals surface area contributed by atoms with Gasteiger partial charge >= 0.3 is 0 Å². The lowest BCUT2D eigenvalue weighted by atomic mass is 9.97. The first-order valence-electron chi connectivity index (χ1n) is 7.44. The smallest absolute Gasteiger partial charge is 0.258 e. The van der Waals surface area contributed by atoms with E-state index in [1.165, 1.54) is 26.1 Å². The van der Waals surface area contributed by atoms with E-state index in [-0.39, 0.29) is 10.6 Å². The van der Waals surface area contributed by atoms with E-state index in [0.717, 1.165) is 30.4 Å². The monoisotopic (exact) mass is 309 g/mol. The highest BCUT2D eigenvalue weighted by atomic mass is 32.1. The van der Waals surface area contributed by atoms with Crippen LogP contribution in [-0.2, 0) is 12.8 Å². The minimum absolute atomic E-state index is 0.209. The first kappa shape index (κ1) is 13.5. The summed E-state index contributed by atoms with van der Waals surface area (Å²) >= 11 is 1.81. The lowest BCUT2D eigenvalue weighted by molar-refractivity contribution is -0.384. The van der Waals surface area contributed by atoms with Gasteiger partial charge in [0.1, 0.15) is 0 Å². The Balaban J connectivity index is 2.04. The molecule has 0 fully saturated rings. The summed E-state index contributed by atoms with van der Waals surface area (Å²) in [5, 5.41) is 12.5. The maximum absolute atomic E-state index is 11.1. The van der Waals surface area contributed by atoms with Crippen LogP contribution in [0.4, 0.5) is 5.69 Å². The molecule has 3 aromatic rings. The van der Waals surface area contributed by atoms with Gasteiger partial charge in [0.25, 0.3) is 5.69 Å². The molecule has 0 radical (unpaired) electrons. The van der Waals surface area contributed by atoms with E-state index in [1.54, 1.807) is 12.1 Å². The van der Waals surface area contributed by atoms with E-state index < -0.39 is 0 Å². The van der Waals surface area contributed by atoms with Gasteiger partial charge in [-0.15, -0.1) is 11.3 Å². The van der Waals surface area contributed by atoms with Gasteiger partial charge in [0.05, 0.1) is 4.92 Å². The molecule has 1 aromatic heterocycles. The van der Waals surface area contributed by atoms with Gasteiger partial charge in [-0.25, -0.2) is 0 Å². The van der Waals surface area contributed by atoms with E-state index in [9.17, 15) is 10.1 Å². The van der Waals surface area contributed by atoms with E-state index in [4.69, 9.17) is 0 Å². The number of fused-ring (bicyclic) bond motifs is 5. The Morgan fingerprint density at radius 2 is 2.00 bits per heavy atom. The molecule has 4 heteroatoms. The topological polar surface area (TPSA) is 43.1 Å². The molecule has 110 valence electrons. The Bertz CT molecular complexity index is 911. The van der Waals surface area contributed by atoms with E-state index in [2.05, 4.69) is 24.3 Å². The molecule has 2 aromatic carbocycles. The Morgan fingerprint density at radius 1 is 1.18 bits per heavy atom. The van der Waals surface area contributed by atoms with Crippen molar-refractivity contribution in [2.45, 2.75) is 26.2 Å². The fraction of sp³-hybridized carbons (Fsp3) is 0.222. The van der Waals surface area contributed by atoms with Crippen molar-refractivity contribution < 1.29 is 4.92 Å². The summed E-state index contributed by atoms with van der Waals surface area (Å²) in [6, 6.07) is 12.0. The number of nitro groups is 1. The molecule has 1 aliphatic carbocycles. The minimum Gasteiger partial charge on any atom is -0.258 e. The molecule has 0 saturated heterocycles. The van der Waals surface area contributed by atoms with Crippen molar-refractivity contribution >= 4 is 27.1 Å². The van der Waals surface area contributed by atoms with Gasteiger partial charge in [-0.1, -0.05) is 18.2 Å². The molecule has 0 saturated carbocycles. The number of thiophene rings is 1. The Labute approximate surface area is 132 Å². The molecule has 0 bridgehead atoms. The lowest BCUT2D eigenvalue weighted by Gasteiger charge is -2.09. The SMILES string of the molecule is Cc1cc([N+](=O)[O-])cc2c1-c1sc3ccccc3c1CCC2. The lowest BCUT2D eigenvalue weighted by Crippen LogP contribution is -1.95. The van der Waals surface area contributed by atoms with Crippen LogP contribution in [0.1, 0.15) is 23.1 Å². The molecule has 0 unspecified atom stereocenters. The predicted molar refractivity (Wildman–Crippen MR) is 90.7 cm³/mol. The number of nitro benzene ring substituents is 1. The molecular formula is C18H15NO2S. The highest BCUT2D eigenvalue weighted by Gasteiger charge is 2.23. The Hall–Kier alpha value is -2.20. The molecule has 1 heterocycles. The van der Waals surface area contributed by atoms with Gasteiger partial charge < -0.3 is 0 Å². The number of non-ortho nitro benzene ring substituents is 1. The van der Waals surface area contributed by atoms with E-state index in [0.29, 0.717) is 0 Å². The fourth-order valence-electron chi connectivity index (χ4n) is 3.47. The summed E-state index contributed by atoms with van der Waals surface area (Å²) in [6.07, 6.45) is 3.00. The predicted octanol–water partition coefficient (Wildman–Crippen LogP) is 5.27. The summed E-state index contributed by atoms with van der Waals surface area (Å²) in [5.41, 5.74) is 4.98.